The maximum atomic E-state index is 13.2. The molecule has 11 heteroatoms. The van der Waals surface area contributed by atoms with Gasteiger partial charge in [0.2, 0.25) is 11.7 Å². The van der Waals surface area contributed by atoms with E-state index in [4.69, 9.17) is 0 Å². The van der Waals surface area contributed by atoms with Gasteiger partial charge in [-0.2, -0.15) is 0 Å². The first kappa shape index (κ1) is 22.0. The Bertz CT molecular complexity index is 1320. The number of piperazine rings is 1. The number of phenolic OH excluding ortho intramolecular Hbond substituents is 1. The zero-order valence-electron chi connectivity index (χ0n) is 17.7. The quantitative estimate of drug-likeness (QED) is 0.227. The normalized spacial score (nSPS) is 21.0. The summed E-state index contributed by atoms with van der Waals surface area (Å²) in [4.78, 5) is 54.9. The number of hydrogen-bond donors (Lipinski definition) is 3. The van der Waals surface area contributed by atoms with Gasteiger partial charge in [-0.1, -0.05) is 18.2 Å². The molecule has 0 aliphatic carbocycles. The molecule has 33 heavy (non-hydrogen) atoms. The number of aromatic nitrogens is 1. The van der Waals surface area contributed by atoms with E-state index in [1.54, 1.807) is 6.07 Å². The van der Waals surface area contributed by atoms with Crippen LogP contribution >= 0.6 is 0 Å². The first-order valence-corrected chi connectivity index (χ1v) is 9.92. The lowest BCUT2D eigenvalue weighted by Crippen LogP contribution is -2.73. The molecule has 0 bridgehead atoms. The number of carbonyl (C=O) groups is 3. The van der Waals surface area contributed by atoms with Crippen LogP contribution in [-0.2, 0) is 16.0 Å². The predicted octanol–water partition coefficient (Wildman–Crippen LogP) is 1.19. The summed E-state index contributed by atoms with van der Waals surface area (Å²) in [6.07, 6.45) is 1.44. The van der Waals surface area contributed by atoms with Gasteiger partial charge in [0, 0.05) is 32.8 Å². The number of nitrogens with zero attached hydrogens (tertiary/aromatic N) is 3. The minimum absolute atomic E-state index is 0.0862. The van der Waals surface area contributed by atoms with Crippen LogP contribution in [0.5, 0.6) is 5.75 Å². The lowest BCUT2D eigenvalue weighted by atomic mass is 9.91. The smallest absolute Gasteiger partial charge is 0.286 e. The molecule has 3 N–H and O–H groups in total. The SMILES string of the molecule is CN1C(=O)[C@](O)(C(=O)c2ccccc2O)N(C)C(=O)[C@@H]1Cc1c[nH]c2cccc([N+](=O)[O-])c12. The maximum Gasteiger partial charge on any atom is 0.286 e. The van der Waals surface area contributed by atoms with E-state index in [1.807, 2.05) is 0 Å². The summed E-state index contributed by atoms with van der Waals surface area (Å²) in [6, 6.07) is 8.77. The highest BCUT2D eigenvalue weighted by Crippen LogP contribution is 2.33. The van der Waals surface area contributed by atoms with Crippen LogP contribution in [0.4, 0.5) is 5.69 Å². The summed E-state index contributed by atoms with van der Waals surface area (Å²) in [5.74, 6) is -3.39. The van der Waals surface area contributed by atoms with Crippen LogP contribution in [-0.4, -0.2) is 73.4 Å². The van der Waals surface area contributed by atoms with E-state index in [2.05, 4.69) is 4.98 Å². The van der Waals surface area contributed by atoms with E-state index in [-0.39, 0.29) is 17.7 Å². The number of H-pyrrole nitrogens is 1. The topological polar surface area (TPSA) is 157 Å². The Morgan fingerprint density at radius 2 is 1.88 bits per heavy atom. The number of hydrogen-bond acceptors (Lipinski definition) is 7. The number of fused-ring (bicyclic) bond motifs is 1. The zero-order valence-corrected chi connectivity index (χ0v) is 17.7. The number of nitro benzene ring substituents is 1. The minimum atomic E-state index is -2.85. The van der Waals surface area contributed by atoms with Gasteiger partial charge in [0.05, 0.1) is 21.4 Å². The van der Waals surface area contributed by atoms with Crippen molar-refractivity contribution in [2.75, 3.05) is 14.1 Å². The molecule has 4 rings (SSSR count). The third kappa shape index (κ3) is 3.21. The number of ketones is 1. The summed E-state index contributed by atoms with van der Waals surface area (Å²) in [6.45, 7) is 0. The van der Waals surface area contributed by atoms with E-state index in [0.717, 1.165) is 11.9 Å². The van der Waals surface area contributed by atoms with Crippen LogP contribution in [0.2, 0.25) is 0 Å². The second-order valence-electron chi connectivity index (χ2n) is 7.82. The van der Waals surface area contributed by atoms with Crippen molar-refractivity contribution in [2.45, 2.75) is 18.2 Å². The second kappa shape index (κ2) is 7.71. The van der Waals surface area contributed by atoms with Gasteiger partial charge in [-0.3, -0.25) is 24.5 Å². The first-order valence-electron chi connectivity index (χ1n) is 9.92. The summed E-state index contributed by atoms with van der Waals surface area (Å²) < 4.78 is 0. The van der Waals surface area contributed by atoms with Crippen molar-refractivity contribution in [3.05, 3.63) is 69.9 Å². The number of para-hydroxylation sites is 1. The number of aliphatic hydroxyl groups is 1. The molecular formula is C22H20N4O7. The Hall–Kier alpha value is -4.25. The van der Waals surface area contributed by atoms with Gasteiger partial charge in [-0.25, -0.2) is 0 Å². The van der Waals surface area contributed by atoms with Gasteiger partial charge >= 0.3 is 0 Å². The number of nitro groups is 1. The van der Waals surface area contributed by atoms with Crippen molar-refractivity contribution in [1.82, 2.24) is 14.8 Å². The number of amides is 2. The third-order valence-corrected chi connectivity index (χ3v) is 6.03. The summed E-state index contributed by atoms with van der Waals surface area (Å²) in [5.41, 5.74) is -2.39. The molecule has 2 atom stereocenters. The van der Waals surface area contributed by atoms with Gasteiger partial charge in [-0.05, 0) is 23.8 Å². The van der Waals surface area contributed by atoms with Crippen LogP contribution in [0, 0.1) is 10.1 Å². The van der Waals surface area contributed by atoms with Crippen LogP contribution in [0.3, 0.4) is 0 Å². The Labute approximate surface area is 187 Å². The molecule has 1 aromatic heterocycles. The van der Waals surface area contributed by atoms with E-state index < -0.39 is 40.0 Å². The molecule has 170 valence electrons. The molecule has 2 amide bonds. The number of aromatic amines is 1. The van der Waals surface area contributed by atoms with Gasteiger partial charge in [0.1, 0.15) is 11.8 Å². The summed E-state index contributed by atoms with van der Waals surface area (Å²) in [5, 5.41) is 32.9. The van der Waals surface area contributed by atoms with E-state index >= 15 is 0 Å². The maximum absolute atomic E-state index is 13.2. The van der Waals surface area contributed by atoms with Gasteiger partial charge in [-0.15, -0.1) is 0 Å². The third-order valence-electron chi connectivity index (χ3n) is 6.03. The highest BCUT2D eigenvalue weighted by molar-refractivity contribution is 6.20. The van der Waals surface area contributed by atoms with Crippen molar-refractivity contribution in [2.24, 2.45) is 0 Å². The van der Waals surface area contributed by atoms with Crippen molar-refractivity contribution < 1.29 is 29.5 Å². The lowest BCUT2D eigenvalue weighted by molar-refractivity contribution is -0.383. The zero-order chi connectivity index (χ0) is 24.1. The monoisotopic (exact) mass is 452 g/mol. The number of carbonyl (C=O) groups excluding carboxylic acids is 3. The fourth-order valence-corrected chi connectivity index (χ4v) is 4.16. The van der Waals surface area contributed by atoms with Gasteiger partial charge in [0.15, 0.2) is 0 Å². The van der Waals surface area contributed by atoms with E-state index in [1.165, 1.54) is 49.6 Å². The largest absolute Gasteiger partial charge is 0.507 e. The number of likely N-dealkylation sites (N-methyl/N-ethyl adjacent to an activating group) is 2. The van der Waals surface area contributed by atoms with Gasteiger partial charge < -0.3 is 25.0 Å². The molecular weight excluding hydrogens is 432 g/mol. The number of rotatable bonds is 5. The standard InChI is InChI=1S/C22H20N4O7/c1-24-16(10-12-11-23-14-7-5-8-15(18(12)14)26(32)33)20(29)25(2)22(31,21(24)30)19(28)13-6-3-4-9-17(13)27/h3-9,11,16,23,27,31H,10H2,1-2H3/t16-,22+/m0/s1. The molecule has 1 fully saturated rings. The van der Waals surface area contributed by atoms with Crippen molar-refractivity contribution >= 4 is 34.2 Å². The number of Topliss-reactive ketones (excluding diaryl/α,β-unsaturated/α-hetero) is 1. The Morgan fingerprint density at radius 3 is 2.55 bits per heavy atom. The Morgan fingerprint density at radius 1 is 1.18 bits per heavy atom. The Kier molecular flexibility index (Phi) is 5.13. The molecule has 0 spiro atoms. The molecule has 0 radical (unpaired) electrons. The van der Waals surface area contributed by atoms with Crippen LogP contribution < -0.4 is 0 Å². The van der Waals surface area contributed by atoms with Crippen molar-refractivity contribution in [1.29, 1.82) is 0 Å². The number of aromatic hydroxyl groups is 1. The molecule has 1 aliphatic rings. The predicted molar refractivity (Wildman–Crippen MR) is 115 cm³/mol. The van der Waals surface area contributed by atoms with Crippen molar-refractivity contribution in [3.63, 3.8) is 0 Å². The molecule has 1 saturated heterocycles. The van der Waals surface area contributed by atoms with Gasteiger partial charge in [0.25, 0.3) is 17.3 Å². The molecule has 1 aliphatic heterocycles. The first-order chi connectivity index (χ1) is 15.6. The molecule has 2 heterocycles. The van der Waals surface area contributed by atoms with E-state index in [0.29, 0.717) is 21.4 Å². The number of phenols is 1. The average Bonchev–Trinajstić information content (AvgIpc) is 3.22. The van der Waals surface area contributed by atoms with Crippen LogP contribution in [0.25, 0.3) is 10.9 Å². The Balaban J connectivity index is 1.71. The number of benzene rings is 2. The summed E-state index contributed by atoms with van der Waals surface area (Å²) in [7, 11) is 2.39. The number of non-ortho nitro benzene ring substituents is 1. The molecule has 0 saturated carbocycles. The van der Waals surface area contributed by atoms with E-state index in [9.17, 15) is 34.7 Å². The summed E-state index contributed by atoms with van der Waals surface area (Å²) >= 11 is 0. The minimum Gasteiger partial charge on any atom is -0.507 e. The highest BCUT2D eigenvalue weighted by Gasteiger charge is 2.58. The fourth-order valence-electron chi connectivity index (χ4n) is 4.16. The molecule has 2 aromatic carbocycles. The average molecular weight is 452 g/mol. The number of nitrogens with one attached hydrogen (secondary N) is 1. The lowest BCUT2D eigenvalue weighted by Gasteiger charge is -2.45. The fraction of sp³-hybridized carbons (Fsp3) is 0.227. The molecule has 0 unspecified atom stereocenters. The van der Waals surface area contributed by atoms with Crippen LogP contribution in [0.15, 0.2) is 48.7 Å². The van der Waals surface area contributed by atoms with Crippen LogP contribution in [0.1, 0.15) is 15.9 Å². The molecule has 11 nitrogen and oxygen atoms in total. The second-order valence-corrected chi connectivity index (χ2v) is 7.82. The van der Waals surface area contributed by atoms with Crippen molar-refractivity contribution in [3.8, 4) is 5.75 Å². The highest BCUT2D eigenvalue weighted by atomic mass is 16.6. The molecule has 3 aromatic rings.